The van der Waals surface area contributed by atoms with E-state index in [4.69, 9.17) is 0 Å². The van der Waals surface area contributed by atoms with Gasteiger partial charge in [-0.3, -0.25) is 4.57 Å². The molecule has 0 unspecified atom stereocenters. The highest BCUT2D eigenvalue weighted by Gasteiger charge is 2.23. The molecule has 0 aliphatic heterocycles. The van der Waals surface area contributed by atoms with E-state index in [9.17, 15) is 5.26 Å². The van der Waals surface area contributed by atoms with Crippen LogP contribution in [0.15, 0.2) is 43.2 Å². The van der Waals surface area contributed by atoms with Gasteiger partial charge in [0.2, 0.25) is 0 Å². The molecule has 0 amide bonds. The molecule has 132 valence electrons. The van der Waals surface area contributed by atoms with Crippen molar-refractivity contribution in [2.45, 2.75) is 18.9 Å². The molecule has 0 atom stereocenters. The predicted octanol–water partition coefficient (Wildman–Crippen LogP) is 1.89. The number of aromatic nitrogens is 7. The van der Waals surface area contributed by atoms with Crippen molar-refractivity contribution < 1.29 is 0 Å². The summed E-state index contributed by atoms with van der Waals surface area (Å²) in [6, 6.07) is 8.16. The zero-order chi connectivity index (χ0) is 18.2. The van der Waals surface area contributed by atoms with Gasteiger partial charge >= 0.3 is 0 Å². The summed E-state index contributed by atoms with van der Waals surface area (Å²) < 4.78 is 3.44. The second-order valence-electron chi connectivity index (χ2n) is 6.24. The molecule has 0 aromatic carbocycles. The Morgan fingerprint density at radius 2 is 2.00 bits per heavy atom. The Morgan fingerprint density at radius 1 is 1.15 bits per heavy atom. The zero-order valence-electron chi connectivity index (χ0n) is 14.1. The lowest BCUT2D eigenvalue weighted by Crippen LogP contribution is -2.09. The number of nitrogens with zero attached hydrogens (tertiary/aromatic N) is 8. The maximum Gasteiger partial charge on any atom is 0.177 e. The molecule has 4 heterocycles. The number of anilines is 3. The lowest BCUT2D eigenvalue weighted by molar-refractivity contribution is 0.925. The van der Waals surface area contributed by atoms with Crippen LogP contribution in [-0.4, -0.2) is 40.4 Å². The van der Waals surface area contributed by atoms with Crippen molar-refractivity contribution in [1.82, 2.24) is 34.3 Å². The molecule has 5 rings (SSSR count). The van der Waals surface area contributed by atoms with Gasteiger partial charge in [-0.2, -0.15) is 14.9 Å². The summed E-state index contributed by atoms with van der Waals surface area (Å²) >= 11 is 0. The molecule has 2 N–H and O–H groups in total. The van der Waals surface area contributed by atoms with Crippen LogP contribution in [0.25, 0.3) is 11.3 Å². The maximum atomic E-state index is 9.32. The van der Waals surface area contributed by atoms with E-state index in [1.807, 2.05) is 18.2 Å². The van der Waals surface area contributed by atoms with E-state index in [0.717, 1.165) is 24.3 Å². The minimum Gasteiger partial charge on any atom is -0.367 e. The van der Waals surface area contributed by atoms with Gasteiger partial charge in [0, 0.05) is 24.4 Å². The third kappa shape index (κ3) is 2.91. The molecule has 10 heteroatoms. The van der Waals surface area contributed by atoms with Crippen molar-refractivity contribution >= 4 is 23.1 Å². The fraction of sp³-hybridized carbons (Fsp3) is 0.176. The normalized spacial score (nSPS) is 13.4. The lowest BCUT2D eigenvalue weighted by Gasteiger charge is -2.11. The molecular formula is C17H14N10. The number of nitriles is 1. The summed E-state index contributed by atoms with van der Waals surface area (Å²) in [5.74, 6) is 1.99. The predicted molar refractivity (Wildman–Crippen MR) is 96.8 cm³/mol. The Balaban J connectivity index is 1.53. The van der Waals surface area contributed by atoms with Crippen LogP contribution >= 0.6 is 0 Å². The average molecular weight is 358 g/mol. The molecule has 0 spiro atoms. The number of hydrogen-bond acceptors (Lipinski definition) is 8. The first kappa shape index (κ1) is 15.3. The van der Waals surface area contributed by atoms with Gasteiger partial charge in [0.25, 0.3) is 0 Å². The first-order valence-electron chi connectivity index (χ1n) is 8.43. The minimum absolute atomic E-state index is 0.420. The second-order valence-corrected chi connectivity index (χ2v) is 6.24. The fourth-order valence-corrected chi connectivity index (χ4v) is 2.76. The van der Waals surface area contributed by atoms with Crippen LogP contribution in [0.5, 0.6) is 0 Å². The Morgan fingerprint density at radius 3 is 2.78 bits per heavy atom. The van der Waals surface area contributed by atoms with Crippen molar-refractivity contribution in [2.75, 3.05) is 10.6 Å². The van der Waals surface area contributed by atoms with Gasteiger partial charge in [-0.15, -0.1) is 10.2 Å². The van der Waals surface area contributed by atoms with Crippen LogP contribution in [0, 0.1) is 11.3 Å². The molecule has 4 aromatic heterocycles. The van der Waals surface area contributed by atoms with Gasteiger partial charge in [0.1, 0.15) is 41.7 Å². The van der Waals surface area contributed by atoms with Crippen LogP contribution in [0.3, 0.4) is 0 Å². The molecule has 1 saturated carbocycles. The van der Waals surface area contributed by atoms with Crippen LogP contribution in [0.2, 0.25) is 0 Å². The number of pyridine rings is 1. The monoisotopic (exact) mass is 358 g/mol. The van der Waals surface area contributed by atoms with Crippen LogP contribution in [0.1, 0.15) is 18.4 Å². The van der Waals surface area contributed by atoms with E-state index in [1.165, 1.54) is 6.20 Å². The molecule has 1 aliphatic carbocycles. The number of fused-ring (bicyclic) bond motifs is 1. The van der Waals surface area contributed by atoms with Gasteiger partial charge in [0.15, 0.2) is 5.65 Å². The highest BCUT2D eigenvalue weighted by Crippen LogP contribution is 2.27. The SMILES string of the molecule is N#Cc1cnn2c(NC3CC3)cc(Nc3cc(-n4cnnc4)ccn3)nc12. The van der Waals surface area contributed by atoms with Crippen molar-refractivity contribution in [3.05, 3.63) is 48.8 Å². The number of hydrogen-bond donors (Lipinski definition) is 2. The largest absolute Gasteiger partial charge is 0.367 e. The quantitative estimate of drug-likeness (QED) is 0.555. The fourth-order valence-electron chi connectivity index (χ4n) is 2.76. The molecule has 1 aliphatic rings. The molecule has 0 bridgehead atoms. The van der Waals surface area contributed by atoms with Crippen LogP contribution in [-0.2, 0) is 0 Å². The summed E-state index contributed by atoms with van der Waals surface area (Å²) in [7, 11) is 0. The van der Waals surface area contributed by atoms with Crippen molar-refractivity contribution in [3.63, 3.8) is 0 Å². The first-order valence-corrected chi connectivity index (χ1v) is 8.43. The number of rotatable bonds is 5. The van der Waals surface area contributed by atoms with Gasteiger partial charge in [-0.1, -0.05) is 0 Å². The molecule has 4 aromatic rings. The van der Waals surface area contributed by atoms with E-state index < -0.39 is 0 Å². The van der Waals surface area contributed by atoms with Crippen molar-refractivity contribution in [3.8, 4) is 11.8 Å². The molecule has 1 fully saturated rings. The van der Waals surface area contributed by atoms with Gasteiger partial charge < -0.3 is 10.6 Å². The van der Waals surface area contributed by atoms with E-state index in [0.29, 0.717) is 28.9 Å². The highest BCUT2D eigenvalue weighted by atomic mass is 15.3. The Hall–Kier alpha value is -4.00. The van der Waals surface area contributed by atoms with Gasteiger partial charge in [-0.05, 0) is 18.9 Å². The minimum atomic E-state index is 0.420. The van der Waals surface area contributed by atoms with E-state index >= 15 is 0 Å². The molecule has 0 saturated heterocycles. The van der Waals surface area contributed by atoms with Crippen molar-refractivity contribution in [2.24, 2.45) is 0 Å². The molecule has 27 heavy (non-hydrogen) atoms. The lowest BCUT2D eigenvalue weighted by atomic mass is 10.3. The number of nitrogens with one attached hydrogen (secondary N) is 2. The van der Waals surface area contributed by atoms with Crippen LogP contribution < -0.4 is 10.6 Å². The average Bonchev–Trinajstić information content (AvgIpc) is 3.18. The van der Waals surface area contributed by atoms with E-state index in [-0.39, 0.29) is 0 Å². The standard InChI is InChI=1S/C17H14N10/c18-7-11-8-22-27-16(23-12-1-2-12)6-15(25-17(11)27)24-14-5-13(3-4-19-14)26-9-20-21-10-26/h3-6,8-10,12,23H,1-2H2,(H,19,24,25). The third-order valence-corrected chi connectivity index (χ3v) is 4.24. The van der Waals surface area contributed by atoms with Gasteiger partial charge in [-0.25, -0.2) is 9.97 Å². The van der Waals surface area contributed by atoms with Gasteiger partial charge in [0.05, 0.1) is 11.9 Å². The summed E-state index contributed by atoms with van der Waals surface area (Å²) in [6.45, 7) is 0. The molecule has 0 radical (unpaired) electrons. The smallest absolute Gasteiger partial charge is 0.177 e. The topological polar surface area (TPSA) is 122 Å². The highest BCUT2D eigenvalue weighted by molar-refractivity contribution is 5.66. The summed E-state index contributed by atoms with van der Waals surface area (Å²) in [5, 5.41) is 27.9. The summed E-state index contributed by atoms with van der Waals surface area (Å²) in [5.41, 5.74) is 1.79. The second kappa shape index (κ2) is 6.06. The summed E-state index contributed by atoms with van der Waals surface area (Å²) in [6.07, 6.45) is 8.70. The van der Waals surface area contributed by atoms with Crippen molar-refractivity contribution in [1.29, 1.82) is 5.26 Å². The van der Waals surface area contributed by atoms with E-state index in [1.54, 1.807) is 27.9 Å². The van der Waals surface area contributed by atoms with E-state index in [2.05, 4.69) is 42.0 Å². The zero-order valence-corrected chi connectivity index (χ0v) is 14.1. The Bertz CT molecular complexity index is 1150. The van der Waals surface area contributed by atoms with Crippen LogP contribution in [0.4, 0.5) is 17.5 Å². The molecular weight excluding hydrogens is 344 g/mol. The Kier molecular flexibility index (Phi) is 3.43. The third-order valence-electron chi connectivity index (χ3n) is 4.24. The molecule has 10 nitrogen and oxygen atoms in total. The first-order chi connectivity index (χ1) is 13.3. The Labute approximate surface area is 153 Å². The maximum absolute atomic E-state index is 9.32. The summed E-state index contributed by atoms with van der Waals surface area (Å²) in [4.78, 5) is 8.88.